The molecule has 2 aromatic rings. The lowest BCUT2D eigenvalue weighted by molar-refractivity contribution is 0.828. The summed E-state index contributed by atoms with van der Waals surface area (Å²) in [5.41, 5.74) is 14.3. The van der Waals surface area contributed by atoms with Gasteiger partial charge >= 0.3 is 0 Å². The van der Waals surface area contributed by atoms with Crippen LogP contribution in [0.1, 0.15) is 5.69 Å². The van der Waals surface area contributed by atoms with Gasteiger partial charge < -0.3 is 16.0 Å². The Morgan fingerprint density at radius 2 is 2.13 bits per heavy atom. The first-order valence-corrected chi connectivity index (χ1v) is 5.26. The zero-order chi connectivity index (χ0) is 11.0. The van der Waals surface area contributed by atoms with Crippen molar-refractivity contribution >= 4 is 28.2 Å². The summed E-state index contributed by atoms with van der Waals surface area (Å²) in [6.07, 6.45) is 0.767. The lowest BCUT2D eigenvalue weighted by atomic mass is 10.2. The molecule has 0 fully saturated rings. The van der Waals surface area contributed by atoms with Crippen LogP contribution in [0.15, 0.2) is 18.2 Å². The number of aryl methyl sites for hydroxylation is 1. The average molecular weight is 224 g/mol. The lowest BCUT2D eigenvalue weighted by Gasteiger charge is -2.04. The Morgan fingerprint density at radius 1 is 1.40 bits per heavy atom. The Kier molecular flexibility index (Phi) is 2.59. The number of anilines is 1. The van der Waals surface area contributed by atoms with Gasteiger partial charge in [0.05, 0.1) is 16.2 Å². The molecule has 4 heteroatoms. The third-order valence-corrected chi connectivity index (χ3v) is 3.10. The molecule has 0 aliphatic heterocycles. The maximum absolute atomic E-state index is 6.28. The van der Waals surface area contributed by atoms with Crippen molar-refractivity contribution in [3.05, 3.63) is 28.9 Å². The Hall–Kier alpha value is -1.19. The molecule has 80 valence electrons. The fraction of sp³-hybridized carbons (Fsp3) is 0.273. The first kappa shape index (κ1) is 10.3. The quantitative estimate of drug-likeness (QED) is 0.765. The van der Waals surface area contributed by atoms with Crippen LogP contribution >= 0.6 is 11.6 Å². The van der Waals surface area contributed by atoms with E-state index in [1.165, 1.54) is 0 Å². The Labute approximate surface area is 93.6 Å². The highest BCUT2D eigenvalue weighted by atomic mass is 35.5. The summed E-state index contributed by atoms with van der Waals surface area (Å²) in [6, 6.07) is 5.77. The standard InChI is InChI=1S/C11H14ClN3/c1-15-9(5-6-13)10(12)7-3-2-4-8(14)11(7)15/h2-4H,5-6,13-14H2,1H3. The van der Waals surface area contributed by atoms with E-state index in [-0.39, 0.29) is 0 Å². The highest BCUT2D eigenvalue weighted by Gasteiger charge is 2.13. The smallest absolute Gasteiger partial charge is 0.0729 e. The van der Waals surface area contributed by atoms with Gasteiger partial charge in [-0.05, 0) is 12.6 Å². The van der Waals surface area contributed by atoms with Crippen molar-refractivity contribution < 1.29 is 0 Å². The summed E-state index contributed by atoms with van der Waals surface area (Å²) in [5, 5.41) is 1.77. The number of halogens is 1. The van der Waals surface area contributed by atoms with Crippen LogP contribution in [0.5, 0.6) is 0 Å². The third-order valence-electron chi connectivity index (χ3n) is 2.68. The van der Waals surface area contributed by atoms with E-state index in [1.54, 1.807) is 0 Å². The number of nitrogens with zero attached hydrogens (tertiary/aromatic N) is 1. The number of nitrogen functional groups attached to an aromatic ring is 1. The first-order chi connectivity index (χ1) is 7.16. The van der Waals surface area contributed by atoms with Crippen LogP contribution < -0.4 is 11.5 Å². The molecule has 0 spiro atoms. The summed E-state index contributed by atoms with van der Waals surface area (Å²) in [7, 11) is 1.97. The fourth-order valence-electron chi connectivity index (χ4n) is 1.96. The third kappa shape index (κ3) is 1.48. The van der Waals surface area contributed by atoms with E-state index in [2.05, 4.69) is 0 Å². The van der Waals surface area contributed by atoms with Gasteiger partial charge in [0.2, 0.25) is 0 Å². The maximum atomic E-state index is 6.28. The number of benzene rings is 1. The molecule has 0 bridgehead atoms. The van der Waals surface area contributed by atoms with Crippen molar-refractivity contribution in [3.63, 3.8) is 0 Å². The van der Waals surface area contributed by atoms with Crippen LogP contribution in [0.3, 0.4) is 0 Å². The summed E-state index contributed by atoms with van der Waals surface area (Å²) in [5.74, 6) is 0. The Morgan fingerprint density at radius 3 is 2.73 bits per heavy atom. The minimum Gasteiger partial charge on any atom is -0.397 e. The van der Waals surface area contributed by atoms with Gasteiger partial charge in [0.25, 0.3) is 0 Å². The van der Waals surface area contributed by atoms with Crippen LogP contribution in [0.4, 0.5) is 5.69 Å². The van der Waals surface area contributed by atoms with Crippen LogP contribution in [-0.2, 0) is 13.5 Å². The SMILES string of the molecule is Cn1c(CCN)c(Cl)c2cccc(N)c21. The molecular formula is C11H14ClN3. The monoisotopic (exact) mass is 223 g/mol. The molecule has 0 aliphatic carbocycles. The van der Waals surface area contributed by atoms with E-state index in [0.717, 1.165) is 33.7 Å². The lowest BCUT2D eigenvalue weighted by Crippen LogP contribution is -2.07. The molecule has 0 atom stereocenters. The van der Waals surface area contributed by atoms with Gasteiger partial charge in [-0.2, -0.15) is 0 Å². The molecule has 1 aromatic carbocycles. The van der Waals surface area contributed by atoms with Gasteiger partial charge in [0, 0.05) is 24.5 Å². The summed E-state index contributed by atoms with van der Waals surface area (Å²) in [6.45, 7) is 0.587. The van der Waals surface area contributed by atoms with E-state index >= 15 is 0 Å². The predicted octanol–water partition coefficient (Wildman–Crippen LogP) is 1.92. The highest BCUT2D eigenvalue weighted by Crippen LogP contribution is 2.33. The molecule has 0 aliphatic rings. The van der Waals surface area contributed by atoms with Crippen molar-refractivity contribution in [2.75, 3.05) is 12.3 Å². The minimum absolute atomic E-state index is 0.587. The maximum Gasteiger partial charge on any atom is 0.0729 e. The number of hydrogen-bond donors (Lipinski definition) is 2. The highest BCUT2D eigenvalue weighted by molar-refractivity contribution is 6.36. The molecule has 0 amide bonds. The second-order valence-corrected chi connectivity index (χ2v) is 3.98. The van der Waals surface area contributed by atoms with E-state index in [0.29, 0.717) is 6.54 Å². The molecule has 0 saturated carbocycles. The summed E-state index contributed by atoms with van der Waals surface area (Å²) < 4.78 is 2.03. The van der Waals surface area contributed by atoms with Gasteiger partial charge in [-0.1, -0.05) is 23.7 Å². The predicted molar refractivity (Wildman–Crippen MR) is 65.1 cm³/mol. The zero-order valence-corrected chi connectivity index (χ0v) is 9.38. The van der Waals surface area contributed by atoms with Crippen LogP contribution in [0.25, 0.3) is 10.9 Å². The Bertz CT molecular complexity index is 502. The van der Waals surface area contributed by atoms with Crippen molar-refractivity contribution in [1.29, 1.82) is 0 Å². The number of hydrogen-bond acceptors (Lipinski definition) is 2. The second-order valence-electron chi connectivity index (χ2n) is 3.60. The molecule has 1 aromatic heterocycles. The molecule has 4 N–H and O–H groups in total. The summed E-state index contributed by atoms with van der Waals surface area (Å²) >= 11 is 6.28. The van der Waals surface area contributed by atoms with Crippen molar-refractivity contribution in [2.24, 2.45) is 12.8 Å². The number of para-hydroxylation sites is 1. The molecule has 1 heterocycles. The molecule has 0 unspecified atom stereocenters. The largest absolute Gasteiger partial charge is 0.397 e. The number of fused-ring (bicyclic) bond motifs is 1. The number of aromatic nitrogens is 1. The topological polar surface area (TPSA) is 57.0 Å². The zero-order valence-electron chi connectivity index (χ0n) is 8.63. The van der Waals surface area contributed by atoms with Gasteiger partial charge in [0.1, 0.15) is 0 Å². The van der Waals surface area contributed by atoms with Crippen molar-refractivity contribution in [1.82, 2.24) is 4.57 Å². The van der Waals surface area contributed by atoms with Crippen LogP contribution in [0.2, 0.25) is 5.02 Å². The van der Waals surface area contributed by atoms with Crippen LogP contribution in [0, 0.1) is 0 Å². The van der Waals surface area contributed by atoms with Crippen molar-refractivity contribution in [2.45, 2.75) is 6.42 Å². The molecule has 3 nitrogen and oxygen atoms in total. The Balaban J connectivity index is 2.79. The molecule has 15 heavy (non-hydrogen) atoms. The molecule has 2 rings (SSSR count). The minimum atomic E-state index is 0.587. The summed E-state index contributed by atoms with van der Waals surface area (Å²) in [4.78, 5) is 0. The molecule has 0 radical (unpaired) electrons. The van der Waals surface area contributed by atoms with Crippen LogP contribution in [-0.4, -0.2) is 11.1 Å². The fourth-order valence-corrected chi connectivity index (χ4v) is 2.34. The van der Waals surface area contributed by atoms with Gasteiger partial charge in [-0.3, -0.25) is 0 Å². The molecular weight excluding hydrogens is 210 g/mol. The van der Waals surface area contributed by atoms with Gasteiger partial charge in [-0.25, -0.2) is 0 Å². The second kappa shape index (κ2) is 3.76. The number of rotatable bonds is 2. The number of nitrogens with two attached hydrogens (primary N) is 2. The normalized spacial score (nSPS) is 11.1. The first-order valence-electron chi connectivity index (χ1n) is 4.88. The van der Waals surface area contributed by atoms with E-state index in [1.807, 2.05) is 29.8 Å². The van der Waals surface area contributed by atoms with E-state index in [4.69, 9.17) is 23.1 Å². The van der Waals surface area contributed by atoms with E-state index in [9.17, 15) is 0 Å². The van der Waals surface area contributed by atoms with Gasteiger partial charge in [-0.15, -0.1) is 0 Å². The molecule has 0 saturated heterocycles. The van der Waals surface area contributed by atoms with Gasteiger partial charge in [0.15, 0.2) is 0 Å². The average Bonchev–Trinajstić information content (AvgIpc) is 2.45. The van der Waals surface area contributed by atoms with E-state index < -0.39 is 0 Å². The van der Waals surface area contributed by atoms with Crippen molar-refractivity contribution in [3.8, 4) is 0 Å².